The van der Waals surface area contributed by atoms with E-state index >= 15 is 0 Å². The van der Waals surface area contributed by atoms with Crippen LogP contribution in [0.2, 0.25) is 0 Å². The minimum Gasteiger partial charge on any atom is -0.368 e. The Morgan fingerprint density at radius 3 is 2.50 bits per heavy atom. The average molecular weight is 274 g/mol. The lowest BCUT2D eigenvalue weighted by Gasteiger charge is -2.30. The summed E-state index contributed by atoms with van der Waals surface area (Å²) in [6.45, 7) is 8.09. The van der Waals surface area contributed by atoms with Crippen LogP contribution in [0.15, 0.2) is 24.3 Å². The van der Waals surface area contributed by atoms with Gasteiger partial charge in [-0.2, -0.15) is 0 Å². The van der Waals surface area contributed by atoms with Gasteiger partial charge >= 0.3 is 0 Å². The SMILES string of the molecule is CCC(NC)c1ccccc1N(CCC(C)C)C1CC1. The van der Waals surface area contributed by atoms with Crippen LogP contribution in [0.1, 0.15) is 58.1 Å². The van der Waals surface area contributed by atoms with Gasteiger partial charge in [0.1, 0.15) is 0 Å². The second-order valence-electron chi connectivity index (χ2n) is 6.42. The number of hydrogen-bond acceptors (Lipinski definition) is 2. The summed E-state index contributed by atoms with van der Waals surface area (Å²) in [7, 11) is 2.07. The van der Waals surface area contributed by atoms with Crippen LogP contribution in [0.5, 0.6) is 0 Å². The zero-order valence-electron chi connectivity index (χ0n) is 13.5. The van der Waals surface area contributed by atoms with Gasteiger partial charge in [-0.3, -0.25) is 0 Å². The zero-order valence-corrected chi connectivity index (χ0v) is 13.5. The maximum Gasteiger partial charge on any atom is 0.0417 e. The van der Waals surface area contributed by atoms with Gasteiger partial charge in [-0.1, -0.05) is 39.0 Å². The van der Waals surface area contributed by atoms with Crippen LogP contribution in [0.25, 0.3) is 0 Å². The molecule has 1 N–H and O–H groups in total. The van der Waals surface area contributed by atoms with Gasteiger partial charge in [-0.15, -0.1) is 0 Å². The molecule has 2 nitrogen and oxygen atoms in total. The Balaban J connectivity index is 2.23. The molecule has 1 aliphatic rings. The molecule has 0 aromatic heterocycles. The van der Waals surface area contributed by atoms with Crippen LogP contribution in [0.4, 0.5) is 5.69 Å². The minimum absolute atomic E-state index is 0.464. The summed E-state index contributed by atoms with van der Waals surface area (Å²) in [4.78, 5) is 2.66. The second-order valence-corrected chi connectivity index (χ2v) is 6.42. The third kappa shape index (κ3) is 3.76. The van der Waals surface area contributed by atoms with Crippen molar-refractivity contribution in [1.82, 2.24) is 5.32 Å². The third-order valence-corrected chi connectivity index (χ3v) is 4.31. The molecule has 0 saturated heterocycles. The Bertz CT molecular complexity index is 406. The van der Waals surface area contributed by atoms with Crippen LogP contribution in [-0.2, 0) is 0 Å². The first-order valence-corrected chi connectivity index (χ1v) is 8.20. The van der Waals surface area contributed by atoms with Crippen LogP contribution in [0, 0.1) is 5.92 Å². The summed E-state index contributed by atoms with van der Waals surface area (Å²) in [6.07, 6.45) is 5.14. The molecule has 0 spiro atoms. The van der Waals surface area contributed by atoms with Crippen molar-refractivity contribution in [3.8, 4) is 0 Å². The summed E-state index contributed by atoms with van der Waals surface area (Å²) < 4.78 is 0. The fraction of sp³-hybridized carbons (Fsp3) is 0.667. The first-order valence-electron chi connectivity index (χ1n) is 8.20. The molecule has 0 radical (unpaired) electrons. The largest absolute Gasteiger partial charge is 0.368 e. The highest BCUT2D eigenvalue weighted by atomic mass is 15.2. The van der Waals surface area contributed by atoms with E-state index in [1.165, 1.54) is 37.1 Å². The van der Waals surface area contributed by atoms with Gasteiger partial charge < -0.3 is 10.2 Å². The van der Waals surface area contributed by atoms with Crippen molar-refractivity contribution in [2.24, 2.45) is 5.92 Å². The van der Waals surface area contributed by atoms with E-state index in [0.717, 1.165) is 18.4 Å². The van der Waals surface area contributed by atoms with Gasteiger partial charge in [0.05, 0.1) is 0 Å². The first kappa shape index (κ1) is 15.4. The molecule has 1 atom stereocenters. The van der Waals surface area contributed by atoms with E-state index in [1.54, 1.807) is 0 Å². The molecule has 112 valence electrons. The monoisotopic (exact) mass is 274 g/mol. The summed E-state index contributed by atoms with van der Waals surface area (Å²) in [5, 5.41) is 3.46. The van der Waals surface area contributed by atoms with Crippen molar-refractivity contribution in [1.29, 1.82) is 0 Å². The Morgan fingerprint density at radius 2 is 1.95 bits per heavy atom. The second kappa shape index (κ2) is 7.12. The van der Waals surface area contributed by atoms with Crippen molar-refractivity contribution in [2.45, 2.75) is 58.5 Å². The summed E-state index contributed by atoms with van der Waals surface area (Å²) in [5.74, 6) is 0.773. The summed E-state index contributed by atoms with van der Waals surface area (Å²) >= 11 is 0. The molecule has 1 aliphatic carbocycles. The standard InChI is InChI=1S/C18H30N2/c1-5-17(19-4)16-8-6-7-9-18(16)20(15-10-11-15)13-12-14(2)3/h6-9,14-15,17,19H,5,10-13H2,1-4H3. The number of anilines is 1. The van der Waals surface area contributed by atoms with E-state index in [9.17, 15) is 0 Å². The van der Waals surface area contributed by atoms with Gasteiger partial charge in [-0.05, 0) is 50.3 Å². The van der Waals surface area contributed by atoms with E-state index in [-0.39, 0.29) is 0 Å². The van der Waals surface area contributed by atoms with Gasteiger partial charge in [-0.25, -0.2) is 0 Å². The maximum absolute atomic E-state index is 3.46. The molecule has 1 aromatic rings. The molecular weight excluding hydrogens is 244 g/mol. The topological polar surface area (TPSA) is 15.3 Å². The quantitative estimate of drug-likeness (QED) is 0.757. The smallest absolute Gasteiger partial charge is 0.0417 e. The van der Waals surface area contributed by atoms with E-state index in [0.29, 0.717) is 6.04 Å². The van der Waals surface area contributed by atoms with E-state index in [4.69, 9.17) is 0 Å². The number of nitrogens with one attached hydrogen (secondary N) is 1. The van der Waals surface area contributed by atoms with Crippen LogP contribution >= 0.6 is 0 Å². The average Bonchev–Trinajstić information content (AvgIpc) is 3.26. The van der Waals surface area contributed by atoms with Gasteiger partial charge in [0.15, 0.2) is 0 Å². The highest BCUT2D eigenvalue weighted by Gasteiger charge is 2.30. The predicted octanol–water partition coefficient (Wildman–Crippen LogP) is 4.37. The molecule has 2 heteroatoms. The molecule has 1 fully saturated rings. The van der Waals surface area contributed by atoms with E-state index < -0.39 is 0 Å². The molecule has 1 aromatic carbocycles. The normalized spacial score (nSPS) is 16.4. The van der Waals surface area contributed by atoms with E-state index in [2.05, 4.69) is 62.3 Å². The van der Waals surface area contributed by atoms with Gasteiger partial charge in [0.2, 0.25) is 0 Å². The number of nitrogens with zero attached hydrogens (tertiary/aromatic N) is 1. The van der Waals surface area contributed by atoms with Crippen molar-refractivity contribution in [2.75, 3.05) is 18.5 Å². The Hall–Kier alpha value is -1.02. The van der Waals surface area contributed by atoms with Crippen molar-refractivity contribution >= 4 is 5.69 Å². The molecule has 2 rings (SSSR count). The molecular formula is C18H30N2. The van der Waals surface area contributed by atoms with Crippen molar-refractivity contribution < 1.29 is 0 Å². The molecule has 0 aliphatic heterocycles. The van der Waals surface area contributed by atoms with E-state index in [1.807, 2.05) is 0 Å². The van der Waals surface area contributed by atoms with Gasteiger partial charge in [0.25, 0.3) is 0 Å². The lowest BCUT2D eigenvalue weighted by atomic mass is 10.0. The Morgan fingerprint density at radius 1 is 1.25 bits per heavy atom. The fourth-order valence-electron chi connectivity index (χ4n) is 2.91. The third-order valence-electron chi connectivity index (χ3n) is 4.31. The zero-order chi connectivity index (χ0) is 14.5. The number of para-hydroxylation sites is 1. The van der Waals surface area contributed by atoms with Crippen molar-refractivity contribution in [3.05, 3.63) is 29.8 Å². The fourth-order valence-corrected chi connectivity index (χ4v) is 2.91. The summed E-state index contributed by atoms with van der Waals surface area (Å²) in [6, 6.07) is 10.2. The molecule has 1 saturated carbocycles. The van der Waals surface area contributed by atoms with Crippen LogP contribution in [-0.4, -0.2) is 19.6 Å². The predicted molar refractivity (Wildman–Crippen MR) is 88.4 cm³/mol. The number of hydrogen-bond donors (Lipinski definition) is 1. The maximum atomic E-state index is 3.46. The number of benzene rings is 1. The Labute approximate surface area is 124 Å². The number of rotatable bonds is 8. The van der Waals surface area contributed by atoms with Crippen LogP contribution < -0.4 is 10.2 Å². The first-order chi connectivity index (χ1) is 9.67. The highest BCUT2D eigenvalue weighted by molar-refractivity contribution is 5.56. The molecule has 0 amide bonds. The van der Waals surface area contributed by atoms with Crippen molar-refractivity contribution in [3.63, 3.8) is 0 Å². The molecule has 0 bridgehead atoms. The van der Waals surface area contributed by atoms with Gasteiger partial charge in [0, 0.05) is 24.3 Å². The molecule has 20 heavy (non-hydrogen) atoms. The summed E-state index contributed by atoms with van der Waals surface area (Å²) in [5.41, 5.74) is 2.92. The molecule has 1 unspecified atom stereocenters. The highest BCUT2D eigenvalue weighted by Crippen LogP contribution is 2.36. The van der Waals surface area contributed by atoms with Crippen LogP contribution in [0.3, 0.4) is 0 Å². The molecule has 0 heterocycles. The lowest BCUT2D eigenvalue weighted by Crippen LogP contribution is -2.30. The minimum atomic E-state index is 0.464. The lowest BCUT2D eigenvalue weighted by molar-refractivity contribution is 0.556. The Kier molecular flexibility index (Phi) is 5.47.